The Labute approximate surface area is 146 Å². The number of nitrogens with one attached hydrogen (secondary N) is 2. The first-order valence-electron chi connectivity index (χ1n) is 7.73. The molecule has 2 aromatic rings. The fourth-order valence-corrected chi connectivity index (χ4v) is 2.05. The second kappa shape index (κ2) is 9.03. The minimum atomic E-state index is -0.285. The van der Waals surface area contributed by atoms with Gasteiger partial charge in [-0.15, -0.1) is 0 Å². The number of urea groups is 1. The topological polar surface area (TPSA) is 59.6 Å². The predicted molar refractivity (Wildman–Crippen MR) is 96.2 cm³/mol. The normalized spacial score (nSPS) is 10.3. The van der Waals surface area contributed by atoms with E-state index in [1.165, 1.54) is 0 Å². The zero-order valence-electron chi connectivity index (χ0n) is 13.7. The van der Waals surface area contributed by atoms with Gasteiger partial charge in [-0.3, -0.25) is 0 Å². The quantitative estimate of drug-likeness (QED) is 0.732. The van der Waals surface area contributed by atoms with Gasteiger partial charge in [0.2, 0.25) is 0 Å². The van der Waals surface area contributed by atoms with Crippen molar-refractivity contribution in [3.05, 3.63) is 53.6 Å². The molecule has 0 aromatic heterocycles. The van der Waals surface area contributed by atoms with Gasteiger partial charge in [0.05, 0.1) is 12.6 Å². The molecule has 2 aromatic carbocycles. The molecule has 0 aliphatic rings. The molecule has 0 radical (unpaired) electrons. The number of hydrogen-bond acceptors (Lipinski definition) is 3. The summed E-state index contributed by atoms with van der Waals surface area (Å²) < 4.78 is 11.0. The molecule has 5 nitrogen and oxygen atoms in total. The highest BCUT2D eigenvalue weighted by molar-refractivity contribution is 6.30. The molecular weight excluding hydrogens is 328 g/mol. The monoisotopic (exact) mass is 348 g/mol. The van der Waals surface area contributed by atoms with E-state index in [0.717, 1.165) is 5.75 Å². The molecule has 128 valence electrons. The number of carbonyl (C=O) groups is 1. The lowest BCUT2D eigenvalue weighted by atomic mass is 10.3. The summed E-state index contributed by atoms with van der Waals surface area (Å²) in [5.74, 6) is 1.48. The predicted octanol–water partition coefficient (Wildman–Crippen LogP) is 4.33. The molecule has 0 saturated carbocycles. The Morgan fingerprint density at radius 1 is 1.04 bits per heavy atom. The number of amides is 2. The van der Waals surface area contributed by atoms with Crippen LogP contribution >= 0.6 is 11.6 Å². The van der Waals surface area contributed by atoms with Crippen LogP contribution in [0.15, 0.2) is 48.5 Å². The van der Waals surface area contributed by atoms with Crippen molar-refractivity contribution in [2.75, 3.05) is 18.5 Å². The Morgan fingerprint density at radius 2 is 1.67 bits per heavy atom. The van der Waals surface area contributed by atoms with Gasteiger partial charge in [0, 0.05) is 10.7 Å². The van der Waals surface area contributed by atoms with Crippen LogP contribution in [0.5, 0.6) is 11.5 Å². The third-order valence-electron chi connectivity index (χ3n) is 2.95. The van der Waals surface area contributed by atoms with Gasteiger partial charge in [-0.05, 0) is 62.4 Å². The smallest absolute Gasteiger partial charge is 0.319 e. The molecule has 0 bridgehead atoms. The molecule has 6 heteroatoms. The van der Waals surface area contributed by atoms with E-state index >= 15 is 0 Å². The van der Waals surface area contributed by atoms with E-state index in [1.807, 2.05) is 26.0 Å². The molecule has 0 unspecified atom stereocenters. The maximum atomic E-state index is 11.8. The van der Waals surface area contributed by atoms with Crippen LogP contribution in [0.2, 0.25) is 5.02 Å². The van der Waals surface area contributed by atoms with Gasteiger partial charge >= 0.3 is 6.03 Å². The van der Waals surface area contributed by atoms with Crippen LogP contribution in [-0.2, 0) is 0 Å². The van der Waals surface area contributed by atoms with Gasteiger partial charge in [-0.2, -0.15) is 0 Å². The molecule has 2 N–H and O–H groups in total. The molecule has 0 saturated heterocycles. The van der Waals surface area contributed by atoms with Crippen LogP contribution in [0, 0.1) is 0 Å². The van der Waals surface area contributed by atoms with Crippen LogP contribution in [0.3, 0.4) is 0 Å². The summed E-state index contributed by atoms with van der Waals surface area (Å²) in [5.41, 5.74) is 0.697. The number of hydrogen-bond donors (Lipinski definition) is 2. The van der Waals surface area contributed by atoms with Crippen molar-refractivity contribution in [1.82, 2.24) is 5.32 Å². The average Bonchev–Trinajstić information content (AvgIpc) is 2.55. The number of benzene rings is 2. The van der Waals surface area contributed by atoms with E-state index in [9.17, 15) is 4.79 Å². The number of anilines is 1. The van der Waals surface area contributed by atoms with Crippen molar-refractivity contribution >= 4 is 23.3 Å². The van der Waals surface area contributed by atoms with Gasteiger partial charge in [-0.25, -0.2) is 4.79 Å². The number of rotatable bonds is 7. The summed E-state index contributed by atoms with van der Waals surface area (Å²) >= 11 is 5.80. The molecule has 0 atom stereocenters. The SMILES string of the molecule is CC(C)Oc1ccc(NC(=O)NCCOc2ccc(Cl)cc2)cc1. The molecular formula is C18H21ClN2O3. The maximum absolute atomic E-state index is 11.8. The third-order valence-corrected chi connectivity index (χ3v) is 3.21. The molecule has 0 spiro atoms. The molecule has 0 fully saturated rings. The van der Waals surface area contributed by atoms with Gasteiger partial charge in [0.1, 0.15) is 18.1 Å². The zero-order valence-corrected chi connectivity index (χ0v) is 14.5. The van der Waals surface area contributed by atoms with Crippen molar-refractivity contribution in [3.8, 4) is 11.5 Å². The standard InChI is InChI=1S/C18H21ClN2O3/c1-13(2)24-17-9-5-15(6-10-17)21-18(22)20-11-12-23-16-7-3-14(19)4-8-16/h3-10,13H,11-12H2,1-2H3,(H2,20,21,22). The lowest BCUT2D eigenvalue weighted by Gasteiger charge is -2.11. The van der Waals surface area contributed by atoms with Crippen LogP contribution < -0.4 is 20.1 Å². The first-order valence-corrected chi connectivity index (χ1v) is 8.10. The summed E-state index contributed by atoms with van der Waals surface area (Å²) in [6, 6.07) is 14.0. The van der Waals surface area contributed by atoms with E-state index < -0.39 is 0 Å². The van der Waals surface area contributed by atoms with E-state index in [4.69, 9.17) is 21.1 Å². The average molecular weight is 349 g/mol. The van der Waals surface area contributed by atoms with Crippen molar-refractivity contribution in [2.24, 2.45) is 0 Å². The largest absolute Gasteiger partial charge is 0.492 e. The van der Waals surface area contributed by atoms with Crippen LogP contribution in [-0.4, -0.2) is 25.3 Å². The lowest BCUT2D eigenvalue weighted by Crippen LogP contribution is -2.32. The fraction of sp³-hybridized carbons (Fsp3) is 0.278. The second-order valence-corrected chi connectivity index (χ2v) is 5.81. The van der Waals surface area contributed by atoms with Gasteiger partial charge in [0.15, 0.2) is 0 Å². The molecule has 0 aliphatic heterocycles. The molecule has 0 heterocycles. The van der Waals surface area contributed by atoms with Crippen LogP contribution in [0.4, 0.5) is 10.5 Å². The van der Waals surface area contributed by atoms with E-state index in [-0.39, 0.29) is 12.1 Å². The molecule has 2 rings (SSSR count). The minimum absolute atomic E-state index is 0.118. The summed E-state index contributed by atoms with van der Waals surface area (Å²) in [6.45, 7) is 4.69. The highest BCUT2D eigenvalue weighted by Crippen LogP contribution is 2.17. The zero-order chi connectivity index (χ0) is 17.4. The Bertz CT molecular complexity index is 642. The van der Waals surface area contributed by atoms with Gasteiger partial charge < -0.3 is 20.1 Å². The minimum Gasteiger partial charge on any atom is -0.492 e. The highest BCUT2D eigenvalue weighted by atomic mass is 35.5. The Morgan fingerprint density at radius 3 is 2.29 bits per heavy atom. The van der Waals surface area contributed by atoms with Crippen molar-refractivity contribution in [3.63, 3.8) is 0 Å². The van der Waals surface area contributed by atoms with Gasteiger partial charge in [-0.1, -0.05) is 11.6 Å². The summed E-state index contributed by atoms with van der Waals surface area (Å²) in [4.78, 5) is 11.8. The fourth-order valence-electron chi connectivity index (χ4n) is 1.93. The lowest BCUT2D eigenvalue weighted by molar-refractivity contribution is 0.242. The highest BCUT2D eigenvalue weighted by Gasteiger charge is 2.03. The number of carbonyl (C=O) groups excluding carboxylic acids is 1. The van der Waals surface area contributed by atoms with E-state index in [2.05, 4.69) is 10.6 Å². The van der Waals surface area contributed by atoms with Crippen LogP contribution in [0.1, 0.15) is 13.8 Å². The third kappa shape index (κ3) is 6.38. The summed E-state index contributed by atoms with van der Waals surface area (Å²) in [7, 11) is 0. The maximum Gasteiger partial charge on any atom is 0.319 e. The van der Waals surface area contributed by atoms with E-state index in [0.29, 0.717) is 29.6 Å². The van der Waals surface area contributed by atoms with Crippen molar-refractivity contribution in [1.29, 1.82) is 0 Å². The summed E-state index contributed by atoms with van der Waals surface area (Å²) in [5, 5.41) is 6.13. The molecule has 24 heavy (non-hydrogen) atoms. The summed E-state index contributed by atoms with van der Waals surface area (Å²) in [6.07, 6.45) is 0.118. The second-order valence-electron chi connectivity index (χ2n) is 5.37. The van der Waals surface area contributed by atoms with Crippen molar-refractivity contribution < 1.29 is 14.3 Å². The first-order chi connectivity index (χ1) is 11.5. The number of ether oxygens (including phenoxy) is 2. The Kier molecular flexibility index (Phi) is 6.75. The number of halogens is 1. The van der Waals surface area contributed by atoms with Gasteiger partial charge in [0.25, 0.3) is 0 Å². The van der Waals surface area contributed by atoms with Crippen LogP contribution in [0.25, 0.3) is 0 Å². The Balaban J connectivity index is 1.68. The van der Waals surface area contributed by atoms with E-state index in [1.54, 1.807) is 36.4 Å². The van der Waals surface area contributed by atoms with Crippen molar-refractivity contribution in [2.45, 2.75) is 20.0 Å². The molecule has 2 amide bonds. The molecule has 0 aliphatic carbocycles. The first kappa shape index (κ1) is 17.9. The Hall–Kier alpha value is -2.40.